The Labute approximate surface area is 128 Å². The molecular formula is C16H17ClFNO2. The van der Waals surface area contributed by atoms with Crippen molar-refractivity contribution in [1.29, 1.82) is 0 Å². The van der Waals surface area contributed by atoms with Gasteiger partial charge < -0.3 is 14.7 Å². The highest BCUT2D eigenvalue weighted by Crippen LogP contribution is 2.35. The van der Waals surface area contributed by atoms with E-state index in [1.807, 2.05) is 6.92 Å². The number of phenols is 1. The van der Waals surface area contributed by atoms with Crippen LogP contribution in [0.5, 0.6) is 11.5 Å². The maximum atomic E-state index is 13.0. The molecule has 0 aliphatic heterocycles. The predicted octanol–water partition coefficient (Wildman–Crippen LogP) is 4.22. The average molecular weight is 310 g/mol. The molecule has 0 spiro atoms. The minimum absolute atomic E-state index is 0.0623. The standard InChI is InChI=1S/C16H17ClFNO2/c1-3-19(13-6-4-12(18)5-7-13)10-11-8-14(17)16(20)15(9-11)21-2/h4-9,20H,3,10H2,1-2H3. The number of ether oxygens (including phenoxy) is 1. The lowest BCUT2D eigenvalue weighted by molar-refractivity contribution is 0.373. The minimum Gasteiger partial charge on any atom is -0.503 e. The summed E-state index contributed by atoms with van der Waals surface area (Å²) in [5, 5.41) is 10.00. The fourth-order valence-corrected chi connectivity index (χ4v) is 2.37. The zero-order valence-corrected chi connectivity index (χ0v) is 12.7. The smallest absolute Gasteiger partial charge is 0.176 e. The van der Waals surface area contributed by atoms with Gasteiger partial charge in [-0.1, -0.05) is 11.6 Å². The Kier molecular flexibility index (Phi) is 4.91. The van der Waals surface area contributed by atoms with Crippen molar-refractivity contribution in [3.05, 3.63) is 52.8 Å². The van der Waals surface area contributed by atoms with Crippen LogP contribution < -0.4 is 9.64 Å². The number of hydrogen-bond donors (Lipinski definition) is 1. The van der Waals surface area contributed by atoms with Crippen molar-refractivity contribution in [1.82, 2.24) is 0 Å². The summed E-state index contributed by atoms with van der Waals surface area (Å²) in [6.07, 6.45) is 0. The molecule has 2 aromatic carbocycles. The molecule has 0 heterocycles. The van der Waals surface area contributed by atoms with Gasteiger partial charge in [0.25, 0.3) is 0 Å². The van der Waals surface area contributed by atoms with Crippen LogP contribution >= 0.6 is 11.6 Å². The van der Waals surface area contributed by atoms with Crippen LogP contribution in [0.4, 0.5) is 10.1 Å². The first-order valence-electron chi connectivity index (χ1n) is 6.61. The average Bonchev–Trinajstić information content (AvgIpc) is 2.49. The van der Waals surface area contributed by atoms with Crippen molar-refractivity contribution >= 4 is 17.3 Å². The van der Waals surface area contributed by atoms with Crippen LogP contribution in [-0.4, -0.2) is 18.8 Å². The molecule has 2 aromatic rings. The number of anilines is 1. The Morgan fingerprint density at radius 1 is 1.24 bits per heavy atom. The van der Waals surface area contributed by atoms with Crippen LogP contribution in [0.3, 0.4) is 0 Å². The van der Waals surface area contributed by atoms with Crippen LogP contribution in [0, 0.1) is 5.82 Å². The summed E-state index contributed by atoms with van der Waals surface area (Å²) in [6, 6.07) is 9.78. The monoisotopic (exact) mass is 309 g/mol. The molecule has 0 aliphatic rings. The van der Waals surface area contributed by atoms with Gasteiger partial charge >= 0.3 is 0 Å². The molecular weight excluding hydrogens is 293 g/mol. The zero-order valence-electron chi connectivity index (χ0n) is 11.9. The predicted molar refractivity (Wildman–Crippen MR) is 82.8 cm³/mol. The highest BCUT2D eigenvalue weighted by Gasteiger charge is 2.12. The molecule has 0 bridgehead atoms. The van der Waals surface area contributed by atoms with Gasteiger partial charge in [-0.3, -0.25) is 0 Å². The Morgan fingerprint density at radius 2 is 1.90 bits per heavy atom. The van der Waals surface area contributed by atoms with E-state index >= 15 is 0 Å². The van der Waals surface area contributed by atoms with Gasteiger partial charge in [0, 0.05) is 18.8 Å². The highest BCUT2D eigenvalue weighted by molar-refractivity contribution is 6.32. The summed E-state index contributed by atoms with van der Waals surface area (Å²) < 4.78 is 18.1. The lowest BCUT2D eigenvalue weighted by Crippen LogP contribution is -2.21. The Bertz CT molecular complexity index is 616. The first-order valence-corrected chi connectivity index (χ1v) is 6.98. The molecule has 5 heteroatoms. The SMILES string of the molecule is CCN(Cc1cc(Cl)c(O)c(OC)c1)c1ccc(F)cc1. The van der Waals surface area contributed by atoms with Crippen LogP contribution in [-0.2, 0) is 6.54 Å². The van der Waals surface area contributed by atoms with Gasteiger partial charge in [-0.2, -0.15) is 0 Å². The van der Waals surface area contributed by atoms with Crippen molar-refractivity contribution in [3.8, 4) is 11.5 Å². The molecule has 0 saturated carbocycles. The summed E-state index contributed by atoms with van der Waals surface area (Å²) in [7, 11) is 1.48. The molecule has 0 saturated heterocycles. The summed E-state index contributed by atoms with van der Waals surface area (Å²) in [6.45, 7) is 3.35. The number of phenolic OH excluding ortho intramolecular Hbond substituents is 1. The molecule has 0 amide bonds. The zero-order chi connectivity index (χ0) is 15.4. The van der Waals surface area contributed by atoms with Gasteiger partial charge in [0.15, 0.2) is 11.5 Å². The second-order valence-corrected chi connectivity index (χ2v) is 5.03. The minimum atomic E-state index is -0.260. The van der Waals surface area contributed by atoms with Crippen LogP contribution in [0.15, 0.2) is 36.4 Å². The first-order chi connectivity index (χ1) is 10.0. The maximum absolute atomic E-state index is 13.0. The molecule has 0 atom stereocenters. The van der Waals surface area contributed by atoms with Crippen molar-refractivity contribution in [2.24, 2.45) is 0 Å². The van der Waals surface area contributed by atoms with E-state index in [9.17, 15) is 9.50 Å². The number of methoxy groups -OCH3 is 1. The Balaban J connectivity index is 2.26. The topological polar surface area (TPSA) is 32.7 Å². The number of rotatable bonds is 5. The molecule has 0 aromatic heterocycles. The van der Waals surface area contributed by atoms with Gasteiger partial charge in [0.1, 0.15) is 5.82 Å². The fourth-order valence-electron chi connectivity index (χ4n) is 2.13. The number of benzene rings is 2. The summed E-state index contributed by atoms with van der Waals surface area (Å²) >= 11 is 5.99. The lowest BCUT2D eigenvalue weighted by Gasteiger charge is -2.23. The van der Waals surface area contributed by atoms with Crippen molar-refractivity contribution < 1.29 is 14.2 Å². The molecule has 2 rings (SSSR count). The Hall–Kier alpha value is -1.94. The molecule has 0 radical (unpaired) electrons. The van der Waals surface area contributed by atoms with Crippen LogP contribution in [0.1, 0.15) is 12.5 Å². The van der Waals surface area contributed by atoms with E-state index in [4.69, 9.17) is 16.3 Å². The van der Waals surface area contributed by atoms with Crippen molar-refractivity contribution in [3.63, 3.8) is 0 Å². The molecule has 3 nitrogen and oxygen atoms in total. The van der Waals surface area contributed by atoms with Crippen LogP contribution in [0.2, 0.25) is 5.02 Å². The first kappa shape index (κ1) is 15.4. The third-order valence-electron chi connectivity index (χ3n) is 3.26. The number of aromatic hydroxyl groups is 1. The van der Waals surface area contributed by atoms with Gasteiger partial charge in [0.2, 0.25) is 0 Å². The summed E-state index contributed by atoms with van der Waals surface area (Å²) in [5.41, 5.74) is 1.82. The van der Waals surface area contributed by atoms with Gasteiger partial charge in [0.05, 0.1) is 12.1 Å². The lowest BCUT2D eigenvalue weighted by atomic mass is 10.1. The second-order valence-electron chi connectivity index (χ2n) is 4.62. The molecule has 0 unspecified atom stereocenters. The molecule has 0 fully saturated rings. The Morgan fingerprint density at radius 3 is 2.48 bits per heavy atom. The quantitative estimate of drug-likeness (QED) is 0.897. The third-order valence-corrected chi connectivity index (χ3v) is 3.54. The summed E-state index contributed by atoms with van der Waals surface area (Å²) in [5.74, 6) is 0.0181. The number of nitrogens with zero attached hydrogens (tertiary/aromatic N) is 1. The fraction of sp³-hybridized carbons (Fsp3) is 0.250. The largest absolute Gasteiger partial charge is 0.503 e. The van der Waals surface area contributed by atoms with E-state index in [0.717, 1.165) is 17.8 Å². The number of hydrogen-bond acceptors (Lipinski definition) is 3. The molecule has 21 heavy (non-hydrogen) atoms. The molecule has 1 N–H and O–H groups in total. The highest BCUT2D eigenvalue weighted by atomic mass is 35.5. The second kappa shape index (κ2) is 6.68. The van der Waals surface area contributed by atoms with Crippen LogP contribution in [0.25, 0.3) is 0 Å². The number of halogens is 2. The van der Waals surface area contributed by atoms with Crippen molar-refractivity contribution in [2.45, 2.75) is 13.5 Å². The van der Waals surface area contributed by atoms with E-state index in [1.165, 1.54) is 19.2 Å². The van der Waals surface area contributed by atoms with Crippen molar-refractivity contribution in [2.75, 3.05) is 18.6 Å². The van der Waals surface area contributed by atoms with Gasteiger partial charge in [-0.15, -0.1) is 0 Å². The molecule has 0 aliphatic carbocycles. The van der Waals surface area contributed by atoms with E-state index in [-0.39, 0.29) is 16.6 Å². The van der Waals surface area contributed by atoms with Gasteiger partial charge in [-0.25, -0.2) is 4.39 Å². The van der Waals surface area contributed by atoms with E-state index in [0.29, 0.717) is 12.3 Å². The maximum Gasteiger partial charge on any atom is 0.176 e. The normalized spacial score (nSPS) is 10.5. The van der Waals surface area contributed by atoms with Gasteiger partial charge in [-0.05, 0) is 48.9 Å². The summed E-state index contributed by atoms with van der Waals surface area (Å²) in [4.78, 5) is 2.07. The van der Waals surface area contributed by atoms with E-state index in [2.05, 4.69) is 4.90 Å². The van der Waals surface area contributed by atoms with E-state index in [1.54, 1.807) is 24.3 Å². The third kappa shape index (κ3) is 3.58. The molecule has 112 valence electrons. The van der Waals surface area contributed by atoms with E-state index < -0.39 is 0 Å².